The zero-order valence-corrected chi connectivity index (χ0v) is 17.2. The molecule has 4 rings (SSSR count). The van der Waals surface area contributed by atoms with Crippen LogP contribution in [0.5, 0.6) is 11.5 Å². The highest BCUT2D eigenvalue weighted by Crippen LogP contribution is 2.36. The van der Waals surface area contributed by atoms with Crippen LogP contribution in [0.25, 0.3) is 11.0 Å². The van der Waals surface area contributed by atoms with E-state index in [1.165, 1.54) is 0 Å². The highest BCUT2D eigenvalue weighted by atomic mass is 16.5. The Hall–Kier alpha value is -2.83. The fourth-order valence-electron chi connectivity index (χ4n) is 3.99. The van der Waals surface area contributed by atoms with Gasteiger partial charge >= 0.3 is 5.63 Å². The van der Waals surface area contributed by atoms with E-state index in [4.69, 9.17) is 13.9 Å². The van der Waals surface area contributed by atoms with Crippen LogP contribution in [0.3, 0.4) is 0 Å². The highest BCUT2D eigenvalue weighted by Gasteiger charge is 2.23. The van der Waals surface area contributed by atoms with Gasteiger partial charge in [-0.05, 0) is 24.1 Å². The fourth-order valence-corrected chi connectivity index (χ4v) is 3.99. The molecular formula is C24H27NO5. The number of benzene rings is 2. The second kappa shape index (κ2) is 9.32. The third kappa shape index (κ3) is 4.35. The number of rotatable bonds is 7. The van der Waals surface area contributed by atoms with Crippen LogP contribution in [-0.4, -0.2) is 49.5 Å². The van der Waals surface area contributed by atoms with Gasteiger partial charge in [0, 0.05) is 31.6 Å². The third-order valence-electron chi connectivity index (χ3n) is 5.62. The van der Waals surface area contributed by atoms with E-state index in [1.54, 1.807) is 18.2 Å². The quantitative estimate of drug-likeness (QED) is 0.599. The van der Waals surface area contributed by atoms with Crippen molar-refractivity contribution in [3.8, 4) is 11.5 Å². The first-order valence-electron chi connectivity index (χ1n) is 10.4. The third-order valence-corrected chi connectivity index (χ3v) is 5.62. The minimum absolute atomic E-state index is 0.0168. The van der Waals surface area contributed by atoms with Crippen LogP contribution in [0.15, 0.2) is 57.7 Å². The molecule has 30 heavy (non-hydrogen) atoms. The summed E-state index contributed by atoms with van der Waals surface area (Å²) in [5.74, 6) is 0.370. The van der Waals surface area contributed by atoms with Gasteiger partial charge in [0.25, 0.3) is 0 Å². The van der Waals surface area contributed by atoms with Crippen molar-refractivity contribution in [2.24, 2.45) is 0 Å². The van der Waals surface area contributed by atoms with Crippen LogP contribution in [0.4, 0.5) is 0 Å². The number of aromatic hydroxyl groups is 1. The molecule has 1 atom stereocenters. The summed E-state index contributed by atoms with van der Waals surface area (Å²) in [4.78, 5) is 15.1. The largest absolute Gasteiger partial charge is 0.507 e. The molecule has 0 radical (unpaired) electrons. The van der Waals surface area contributed by atoms with Gasteiger partial charge < -0.3 is 19.0 Å². The molecule has 1 fully saturated rings. The maximum atomic E-state index is 12.8. The van der Waals surface area contributed by atoms with Gasteiger partial charge in [-0.3, -0.25) is 4.90 Å². The standard InChI is InChI=1S/C24H27NO5/c1-2-19(17-6-4-3-5-7-17)22-23(26)20-9-8-18(16-21(20)30-24(22)27)29-15-12-25-10-13-28-14-11-25/h3-9,16,19,26H,2,10-15H2,1H3. The van der Waals surface area contributed by atoms with Gasteiger partial charge in [-0.15, -0.1) is 0 Å². The molecule has 6 nitrogen and oxygen atoms in total. The molecule has 0 aliphatic carbocycles. The van der Waals surface area contributed by atoms with Crippen molar-refractivity contribution in [2.45, 2.75) is 19.3 Å². The van der Waals surface area contributed by atoms with E-state index < -0.39 is 5.63 Å². The number of hydrogen-bond acceptors (Lipinski definition) is 6. The van der Waals surface area contributed by atoms with Crippen molar-refractivity contribution in [1.29, 1.82) is 0 Å². The van der Waals surface area contributed by atoms with Gasteiger partial charge in [0.1, 0.15) is 23.7 Å². The molecule has 1 aliphatic heterocycles. The topological polar surface area (TPSA) is 72.1 Å². The first-order chi connectivity index (χ1) is 14.7. The maximum Gasteiger partial charge on any atom is 0.343 e. The average Bonchev–Trinajstić information content (AvgIpc) is 2.78. The SMILES string of the molecule is CCC(c1ccccc1)c1c(O)c2ccc(OCCN3CCOCC3)cc2oc1=O. The van der Waals surface area contributed by atoms with Crippen molar-refractivity contribution in [3.05, 3.63) is 70.1 Å². The van der Waals surface area contributed by atoms with E-state index in [0.717, 1.165) is 38.4 Å². The Morgan fingerprint density at radius 1 is 1.13 bits per heavy atom. The lowest BCUT2D eigenvalue weighted by molar-refractivity contribution is 0.0322. The Balaban J connectivity index is 1.57. The molecule has 1 aromatic heterocycles. The Kier molecular flexibility index (Phi) is 6.35. The predicted molar refractivity (Wildman–Crippen MR) is 115 cm³/mol. The Morgan fingerprint density at radius 2 is 1.90 bits per heavy atom. The first kappa shape index (κ1) is 20.4. The van der Waals surface area contributed by atoms with E-state index in [9.17, 15) is 9.90 Å². The molecule has 0 amide bonds. The van der Waals surface area contributed by atoms with Crippen molar-refractivity contribution in [1.82, 2.24) is 4.90 Å². The van der Waals surface area contributed by atoms with Crippen LogP contribution in [0.2, 0.25) is 0 Å². The van der Waals surface area contributed by atoms with E-state index in [-0.39, 0.29) is 11.7 Å². The molecular weight excluding hydrogens is 382 g/mol. The molecule has 6 heteroatoms. The molecule has 2 aromatic carbocycles. The van der Waals surface area contributed by atoms with E-state index in [1.807, 2.05) is 37.3 Å². The van der Waals surface area contributed by atoms with Crippen molar-refractivity contribution >= 4 is 11.0 Å². The summed E-state index contributed by atoms with van der Waals surface area (Å²) >= 11 is 0. The van der Waals surface area contributed by atoms with Gasteiger partial charge in [-0.1, -0.05) is 37.3 Å². The number of ether oxygens (including phenoxy) is 2. The molecule has 1 aliphatic rings. The Bertz CT molecular complexity index is 1040. The van der Waals surface area contributed by atoms with Crippen LogP contribution >= 0.6 is 0 Å². The number of hydrogen-bond donors (Lipinski definition) is 1. The Labute approximate surface area is 175 Å². The van der Waals surface area contributed by atoms with Crippen molar-refractivity contribution < 1.29 is 19.0 Å². The van der Waals surface area contributed by atoms with Crippen LogP contribution in [0.1, 0.15) is 30.4 Å². The lowest BCUT2D eigenvalue weighted by atomic mass is 9.89. The van der Waals surface area contributed by atoms with Crippen LogP contribution in [0, 0.1) is 0 Å². The first-order valence-corrected chi connectivity index (χ1v) is 10.4. The van der Waals surface area contributed by atoms with Crippen molar-refractivity contribution in [3.63, 3.8) is 0 Å². The van der Waals surface area contributed by atoms with Gasteiger partial charge in [-0.2, -0.15) is 0 Å². The summed E-state index contributed by atoms with van der Waals surface area (Å²) in [6.45, 7) is 6.66. The fraction of sp³-hybridized carbons (Fsp3) is 0.375. The maximum absolute atomic E-state index is 12.8. The van der Waals surface area contributed by atoms with Crippen LogP contribution < -0.4 is 10.4 Å². The zero-order valence-electron chi connectivity index (χ0n) is 17.2. The lowest BCUT2D eigenvalue weighted by Crippen LogP contribution is -2.38. The van der Waals surface area contributed by atoms with Crippen LogP contribution in [-0.2, 0) is 4.74 Å². The van der Waals surface area contributed by atoms with Gasteiger partial charge in [0.2, 0.25) is 0 Å². The average molecular weight is 409 g/mol. The molecule has 0 spiro atoms. The van der Waals surface area contributed by atoms with Crippen molar-refractivity contribution in [2.75, 3.05) is 39.5 Å². The zero-order chi connectivity index (χ0) is 20.9. The molecule has 1 saturated heterocycles. The second-order valence-electron chi connectivity index (χ2n) is 7.48. The summed E-state index contributed by atoms with van der Waals surface area (Å²) in [6.07, 6.45) is 0.677. The summed E-state index contributed by atoms with van der Waals surface area (Å²) < 4.78 is 16.8. The molecule has 158 valence electrons. The predicted octanol–water partition coefficient (Wildman–Crippen LogP) is 3.75. The summed E-state index contributed by atoms with van der Waals surface area (Å²) in [5, 5.41) is 11.4. The molecule has 3 aromatic rings. The summed E-state index contributed by atoms with van der Waals surface area (Å²) in [6, 6.07) is 14.9. The second-order valence-corrected chi connectivity index (χ2v) is 7.48. The minimum Gasteiger partial charge on any atom is -0.507 e. The number of nitrogens with zero attached hydrogens (tertiary/aromatic N) is 1. The molecule has 1 N–H and O–H groups in total. The lowest BCUT2D eigenvalue weighted by Gasteiger charge is -2.26. The Morgan fingerprint density at radius 3 is 2.63 bits per heavy atom. The number of morpholine rings is 1. The monoisotopic (exact) mass is 409 g/mol. The van der Waals surface area contributed by atoms with Gasteiger partial charge in [0.15, 0.2) is 0 Å². The smallest absolute Gasteiger partial charge is 0.343 e. The van der Waals surface area contributed by atoms with E-state index >= 15 is 0 Å². The summed E-state index contributed by atoms with van der Waals surface area (Å²) in [7, 11) is 0. The van der Waals surface area contributed by atoms with E-state index in [0.29, 0.717) is 35.3 Å². The molecule has 2 heterocycles. The number of fused-ring (bicyclic) bond motifs is 1. The normalized spacial score (nSPS) is 15.9. The molecule has 1 unspecified atom stereocenters. The minimum atomic E-state index is -0.513. The van der Waals surface area contributed by atoms with Gasteiger partial charge in [-0.25, -0.2) is 4.79 Å². The van der Waals surface area contributed by atoms with Gasteiger partial charge in [0.05, 0.1) is 24.2 Å². The molecule has 0 bridgehead atoms. The van der Waals surface area contributed by atoms with E-state index in [2.05, 4.69) is 4.90 Å². The summed E-state index contributed by atoms with van der Waals surface area (Å²) in [5.41, 5.74) is 1.09. The molecule has 0 saturated carbocycles. The highest BCUT2D eigenvalue weighted by molar-refractivity contribution is 5.85.